The Labute approximate surface area is 180 Å². The Morgan fingerprint density at radius 2 is 1.87 bits per heavy atom. The van der Waals surface area contributed by atoms with Crippen LogP contribution in [0.25, 0.3) is 11.5 Å². The van der Waals surface area contributed by atoms with Gasteiger partial charge in [0.2, 0.25) is 11.5 Å². The molecule has 3 aromatic rings. The number of rotatable bonds is 8. The van der Waals surface area contributed by atoms with E-state index in [0.29, 0.717) is 24.7 Å². The van der Waals surface area contributed by atoms with Crippen LogP contribution in [-0.2, 0) is 22.4 Å². The number of oxazole rings is 1. The number of carboxylic acids is 1. The van der Waals surface area contributed by atoms with Crippen molar-refractivity contribution < 1.29 is 23.8 Å². The molecular formula is C25H23NO5. The minimum Gasteiger partial charge on any atom is -0.493 e. The fraction of sp³-hybridized carbons (Fsp3) is 0.200. The van der Waals surface area contributed by atoms with Gasteiger partial charge >= 0.3 is 5.97 Å². The lowest BCUT2D eigenvalue weighted by Gasteiger charge is -2.27. The zero-order valence-corrected chi connectivity index (χ0v) is 17.2. The first-order valence-corrected chi connectivity index (χ1v) is 10.0. The van der Waals surface area contributed by atoms with E-state index in [1.165, 1.54) is 6.26 Å². The summed E-state index contributed by atoms with van der Waals surface area (Å²) in [6.45, 7) is 2.36. The number of hydrogen-bond acceptors (Lipinski definition) is 5. The molecule has 1 aliphatic rings. The number of carbonyl (C=O) groups is 1. The SMILES string of the molecule is Cc1oc(-c2ccccc2)nc1CCOc1ccc(C[C@@]2(C(=O)O)C=CC=CO2)cc1. The third-order valence-electron chi connectivity index (χ3n) is 5.11. The summed E-state index contributed by atoms with van der Waals surface area (Å²) >= 11 is 0. The van der Waals surface area contributed by atoms with E-state index >= 15 is 0 Å². The van der Waals surface area contributed by atoms with E-state index < -0.39 is 11.6 Å². The number of allylic oxidation sites excluding steroid dienone is 2. The molecule has 2 aromatic carbocycles. The average Bonchev–Trinajstić information content (AvgIpc) is 3.17. The van der Waals surface area contributed by atoms with Crippen LogP contribution in [0.1, 0.15) is 17.0 Å². The third-order valence-corrected chi connectivity index (χ3v) is 5.11. The third kappa shape index (κ3) is 4.69. The van der Waals surface area contributed by atoms with Crippen LogP contribution in [-0.4, -0.2) is 28.3 Å². The molecule has 1 aliphatic heterocycles. The molecule has 0 bridgehead atoms. The van der Waals surface area contributed by atoms with Gasteiger partial charge in [0.15, 0.2) is 0 Å². The number of benzene rings is 2. The van der Waals surface area contributed by atoms with Gasteiger partial charge in [-0.25, -0.2) is 9.78 Å². The number of nitrogens with zero attached hydrogens (tertiary/aromatic N) is 1. The molecule has 0 unspecified atom stereocenters. The van der Waals surface area contributed by atoms with Crippen molar-refractivity contribution >= 4 is 5.97 Å². The minimum absolute atomic E-state index is 0.226. The van der Waals surface area contributed by atoms with Crippen LogP contribution in [0, 0.1) is 6.92 Å². The molecule has 1 aromatic heterocycles. The molecule has 0 fully saturated rings. The Hall–Kier alpha value is -3.80. The van der Waals surface area contributed by atoms with Crippen molar-refractivity contribution in [2.45, 2.75) is 25.4 Å². The monoisotopic (exact) mass is 417 g/mol. The topological polar surface area (TPSA) is 81.8 Å². The van der Waals surface area contributed by atoms with Gasteiger partial charge in [-0.2, -0.15) is 0 Å². The molecular weight excluding hydrogens is 394 g/mol. The van der Waals surface area contributed by atoms with Gasteiger partial charge in [-0.3, -0.25) is 0 Å². The summed E-state index contributed by atoms with van der Waals surface area (Å²) in [5.41, 5.74) is 1.28. The molecule has 4 rings (SSSR count). The van der Waals surface area contributed by atoms with Gasteiger partial charge in [-0.15, -0.1) is 0 Å². The summed E-state index contributed by atoms with van der Waals surface area (Å²) < 4.78 is 17.0. The number of aliphatic carboxylic acids is 1. The molecule has 6 nitrogen and oxygen atoms in total. The van der Waals surface area contributed by atoms with Crippen molar-refractivity contribution in [3.63, 3.8) is 0 Å². The molecule has 2 heterocycles. The van der Waals surface area contributed by atoms with Gasteiger partial charge in [0.1, 0.15) is 11.5 Å². The van der Waals surface area contributed by atoms with Crippen LogP contribution in [0.4, 0.5) is 0 Å². The van der Waals surface area contributed by atoms with E-state index in [-0.39, 0.29) is 6.42 Å². The quantitative estimate of drug-likeness (QED) is 0.570. The predicted octanol–water partition coefficient (Wildman–Crippen LogP) is 4.74. The first-order valence-electron chi connectivity index (χ1n) is 10.0. The Morgan fingerprint density at radius 1 is 1.10 bits per heavy atom. The van der Waals surface area contributed by atoms with E-state index in [9.17, 15) is 9.90 Å². The number of aromatic nitrogens is 1. The maximum Gasteiger partial charge on any atom is 0.352 e. The summed E-state index contributed by atoms with van der Waals surface area (Å²) in [6.07, 6.45) is 7.16. The summed E-state index contributed by atoms with van der Waals surface area (Å²) in [5.74, 6) is 1.08. The maximum atomic E-state index is 11.7. The van der Waals surface area contributed by atoms with Crippen molar-refractivity contribution in [2.24, 2.45) is 0 Å². The highest BCUT2D eigenvalue weighted by molar-refractivity contribution is 5.81. The predicted molar refractivity (Wildman–Crippen MR) is 116 cm³/mol. The normalized spacial score (nSPS) is 17.3. The molecule has 0 saturated heterocycles. The molecule has 158 valence electrons. The van der Waals surface area contributed by atoms with Crippen molar-refractivity contribution in [3.05, 3.63) is 96.1 Å². The summed E-state index contributed by atoms with van der Waals surface area (Å²) in [7, 11) is 0. The van der Waals surface area contributed by atoms with Gasteiger partial charge in [0, 0.05) is 18.4 Å². The molecule has 0 amide bonds. The van der Waals surface area contributed by atoms with E-state index in [1.54, 1.807) is 18.2 Å². The second-order valence-electron chi connectivity index (χ2n) is 7.31. The van der Waals surface area contributed by atoms with Gasteiger partial charge in [-0.05, 0) is 48.9 Å². The van der Waals surface area contributed by atoms with E-state index in [0.717, 1.165) is 22.6 Å². The molecule has 0 saturated carbocycles. The standard InChI is InChI=1S/C25H23NO5/c1-18-22(26-23(31-18)20-7-3-2-4-8-20)13-16-29-21-11-9-19(10-12-21)17-25(24(27)28)14-5-6-15-30-25/h2-12,14-15H,13,16-17H2,1H3,(H,27,28)/t25-/m1/s1. The largest absolute Gasteiger partial charge is 0.493 e. The van der Waals surface area contributed by atoms with Crippen LogP contribution < -0.4 is 4.74 Å². The van der Waals surface area contributed by atoms with Crippen molar-refractivity contribution in [2.75, 3.05) is 6.61 Å². The summed E-state index contributed by atoms with van der Waals surface area (Å²) in [6, 6.07) is 17.2. The van der Waals surface area contributed by atoms with Crippen LogP contribution in [0.5, 0.6) is 5.75 Å². The second-order valence-corrected chi connectivity index (χ2v) is 7.31. The van der Waals surface area contributed by atoms with Crippen molar-refractivity contribution in [1.29, 1.82) is 0 Å². The van der Waals surface area contributed by atoms with Crippen LogP contribution >= 0.6 is 0 Å². The molecule has 0 aliphatic carbocycles. The van der Waals surface area contributed by atoms with Gasteiger partial charge in [0.05, 0.1) is 18.6 Å². The lowest BCUT2D eigenvalue weighted by atomic mass is 9.93. The molecule has 0 spiro atoms. The Morgan fingerprint density at radius 3 is 2.55 bits per heavy atom. The molecule has 0 radical (unpaired) electrons. The second kappa shape index (κ2) is 8.92. The Bertz CT molecular complexity index is 1100. The van der Waals surface area contributed by atoms with E-state index in [2.05, 4.69) is 4.98 Å². The van der Waals surface area contributed by atoms with Gasteiger partial charge in [-0.1, -0.05) is 36.4 Å². The van der Waals surface area contributed by atoms with Crippen molar-refractivity contribution in [1.82, 2.24) is 4.98 Å². The summed E-state index contributed by atoms with van der Waals surface area (Å²) in [4.78, 5) is 16.3. The maximum absolute atomic E-state index is 11.7. The van der Waals surface area contributed by atoms with Gasteiger partial charge < -0.3 is 19.0 Å². The fourth-order valence-corrected chi connectivity index (χ4v) is 3.39. The number of aryl methyl sites for hydroxylation is 1. The zero-order chi connectivity index (χ0) is 21.7. The first-order chi connectivity index (χ1) is 15.1. The van der Waals surface area contributed by atoms with Crippen LogP contribution in [0.15, 0.2) is 83.5 Å². The Balaban J connectivity index is 1.34. The highest BCUT2D eigenvalue weighted by Gasteiger charge is 2.38. The molecule has 1 N–H and O–H groups in total. The minimum atomic E-state index is -1.38. The average molecular weight is 417 g/mol. The first kappa shape index (κ1) is 20.5. The lowest BCUT2D eigenvalue weighted by Crippen LogP contribution is -2.41. The molecule has 1 atom stereocenters. The highest BCUT2D eigenvalue weighted by atomic mass is 16.5. The lowest BCUT2D eigenvalue weighted by molar-refractivity contribution is -0.154. The zero-order valence-electron chi connectivity index (χ0n) is 17.2. The Kier molecular flexibility index (Phi) is 5.89. The summed E-state index contributed by atoms with van der Waals surface area (Å²) in [5, 5.41) is 9.58. The smallest absolute Gasteiger partial charge is 0.352 e. The number of hydrogen-bond donors (Lipinski definition) is 1. The number of carboxylic acid groups (broad SMARTS) is 1. The highest BCUT2D eigenvalue weighted by Crippen LogP contribution is 2.25. The van der Waals surface area contributed by atoms with Crippen LogP contribution in [0.3, 0.4) is 0 Å². The van der Waals surface area contributed by atoms with Crippen LogP contribution in [0.2, 0.25) is 0 Å². The van der Waals surface area contributed by atoms with E-state index in [1.807, 2.05) is 61.5 Å². The van der Waals surface area contributed by atoms with Crippen molar-refractivity contribution in [3.8, 4) is 17.2 Å². The van der Waals surface area contributed by atoms with Gasteiger partial charge in [0.25, 0.3) is 0 Å². The number of ether oxygens (including phenoxy) is 2. The fourth-order valence-electron chi connectivity index (χ4n) is 3.39. The van der Waals surface area contributed by atoms with E-state index in [4.69, 9.17) is 13.9 Å². The molecule has 6 heteroatoms. The molecule has 31 heavy (non-hydrogen) atoms.